The molecule has 0 bridgehead atoms. The van der Waals surface area contributed by atoms with Crippen LogP contribution >= 0.6 is 0 Å². The third kappa shape index (κ3) is 6.09. The van der Waals surface area contributed by atoms with Gasteiger partial charge >= 0.3 is 0 Å². The van der Waals surface area contributed by atoms with Crippen LogP contribution in [0.2, 0.25) is 0 Å². The molecule has 4 heterocycles. The van der Waals surface area contributed by atoms with E-state index in [-0.39, 0.29) is 6.10 Å². The van der Waals surface area contributed by atoms with E-state index in [1.165, 1.54) is 0 Å². The van der Waals surface area contributed by atoms with Crippen LogP contribution in [0.5, 0.6) is 0 Å². The van der Waals surface area contributed by atoms with Crippen LogP contribution in [0.3, 0.4) is 0 Å². The van der Waals surface area contributed by atoms with Crippen LogP contribution in [0.4, 0.5) is 17.5 Å². The maximum atomic E-state index is 9.88. The van der Waals surface area contributed by atoms with Crippen LogP contribution in [0.25, 0.3) is 22.6 Å². The summed E-state index contributed by atoms with van der Waals surface area (Å²) in [7, 11) is 0. The molecule has 1 aromatic carbocycles. The fourth-order valence-corrected chi connectivity index (χ4v) is 4.39. The molecule has 5 aromatic rings. The average molecular weight is 527 g/mol. The number of rotatable bonds is 5. The van der Waals surface area contributed by atoms with Crippen LogP contribution in [-0.4, -0.2) is 46.8 Å². The molecule has 3 N–H and O–H groups in total. The van der Waals surface area contributed by atoms with Gasteiger partial charge in [-0.2, -0.15) is 4.98 Å². The van der Waals surface area contributed by atoms with Crippen LogP contribution in [0.15, 0.2) is 90.6 Å². The largest absolute Gasteiger partial charge is 0.393 e. The van der Waals surface area contributed by atoms with E-state index >= 15 is 0 Å². The van der Waals surface area contributed by atoms with Gasteiger partial charge in [-0.05, 0) is 80.1 Å². The van der Waals surface area contributed by atoms with Crippen molar-refractivity contribution in [3.63, 3.8) is 0 Å². The molecule has 0 aliphatic heterocycles. The highest BCUT2D eigenvalue weighted by Crippen LogP contribution is 2.30. The number of nitrogens with zero attached hydrogens (tertiary/aromatic N) is 6. The number of aromatic nitrogens is 6. The molecule has 9 nitrogen and oxygen atoms in total. The van der Waals surface area contributed by atoms with Gasteiger partial charge in [-0.15, -0.1) is 0 Å². The Kier molecular flexibility index (Phi) is 7.33. The van der Waals surface area contributed by atoms with Crippen molar-refractivity contribution in [2.75, 3.05) is 5.32 Å². The minimum atomic E-state index is -0.257. The molecule has 0 spiro atoms. The van der Waals surface area contributed by atoms with E-state index in [4.69, 9.17) is 9.98 Å². The number of aromatic amines is 1. The third-order valence-electron chi connectivity index (χ3n) is 6.51. The lowest BCUT2D eigenvalue weighted by Crippen LogP contribution is -2.17. The maximum absolute atomic E-state index is 9.88. The van der Waals surface area contributed by atoms with Crippen LogP contribution in [-0.2, 0) is 0 Å². The van der Waals surface area contributed by atoms with Gasteiger partial charge in [-0.3, -0.25) is 4.98 Å². The maximum Gasteiger partial charge on any atom is 0.229 e. The number of hydrogen-bond acceptors (Lipinski definition) is 8. The molecule has 0 saturated heterocycles. The van der Waals surface area contributed by atoms with E-state index < -0.39 is 0 Å². The van der Waals surface area contributed by atoms with Gasteiger partial charge in [0.15, 0.2) is 5.82 Å². The van der Waals surface area contributed by atoms with Gasteiger partial charge in [-0.1, -0.05) is 12.0 Å². The zero-order chi connectivity index (χ0) is 27.1. The number of aliphatic hydroxyl groups is 1. The van der Waals surface area contributed by atoms with Crippen molar-refractivity contribution in [1.29, 1.82) is 0 Å². The highest BCUT2D eigenvalue weighted by molar-refractivity contribution is 5.89. The molecule has 1 aliphatic carbocycles. The van der Waals surface area contributed by atoms with Crippen molar-refractivity contribution >= 4 is 23.2 Å². The van der Waals surface area contributed by atoms with Gasteiger partial charge in [0.25, 0.3) is 0 Å². The van der Waals surface area contributed by atoms with Crippen LogP contribution in [0.1, 0.15) is 36.9 Å². The normalized spacial score (nSPS) is 14.7. The molecule has 4 aromatic heterocycles. The Morgan fingerprint density at radius 3 is 2.55 bits per heavy atom. The summed E-state index contributed by atoms with van der Waals surface area (Å²) in [6.07, 6.45) is 11.4. The Balaban J connectivity index is 1.20. The number of benzene rings is 1. The molecule has 40 heavy (non-hydrogen) atoms. The van der Waals surface area contributed by atoms with Gasteiger partial charge in [0.2, 0.25) is 5.95 Å². The number of aliphatic imine (C=N–C) groups is 1. The number of aliphatic hydroxyl groups excluding tert-OH is 1. The summed E-state index contributed by atoms with van der Waals surface area (Å²) in [6, 6.07) is 17.3. The first kappa shape index (κ1) is 25.1. The summed E-state index contributed by atoms with van der Waals surface area (Å²) in [4.78, 5) is 30.3. The topological polar surface area (TPSA) is 125 Å². The standard InChI is InChI=1S/C31H26N8O/c40-26-12-10-23(11-13-26)37-30-27(28-3-1-2-15-33-28)20-36-31(39-30)38-24-7-4-21(5-8-24)6-9-25-19-22(14-16-32-25)29-34-17-18-35-29/h1-5,7-8,14-20,26,40H,10-13H2,(H,34,35)(H,36,38,39). The van der Waals surface area contributed by atoms with Crippen molar-refractivity contribution in [1.82, 2.24) is 29.9 Å². The lowest BCUT2D eigenvalue weighted by Gasteiger charge is -2.18. The lowest BCUT2D eigenvalue weighted by atomic mass is 9.96. The van der Waals surface area contributed by atoms with E-state index in [0.717, 1.165) is 52.4 Å². The van der Waals surface area contributed by atoms with Crippen molar-refractivity contribution in [2.45, 2.75) is 31.8 Å². The molecule has 0 amide bonds. The summed E-state index contributed by atoms with van der Waals surface area (Å²) < 4.78 is 0. The molecule has 196 valence electrons. The number of imidazole rings is 1. The molecular weight excluding hydrogens is 500 g/mol. The second-order valence-corrected chi connectivity index (χ2v) is 9.37. The van der Waals surface area contributed by atoms with E-state index in [2.05, 4.69) is 42.1 Å². The first-order valence-corrected chi connectivity index (χ1v) is 13.1. The summed E-state index contributed by atoms with van der Waals surface area (Å²) in [5, 5.41) is 13.1. The van der Waals surface area contributed by atoms with Gasteiger partial charge in [0, 0.05) is 53.5 Å². The van der Waals surface area contributed by atoms with Gasteiger partial charge in [0.1, 0.15) is 11.5 Å². The van der Waals surface area contributed by atoms with Crippen LogP contribution < -0.4 is 5.32 Å². The predicted molar refractivity (Wildman–Crippen MR) is 154 cm³/mol. The molecule has 9 heteroatoms. The summed E-state index contributed by atoms with van der Waals surface area (Å²) >= 11 is 0. The first-order valence-electron chi connectivity index (χ1n) is 13.1. The Hall–Kier alpha value is -5.20. The summed E-state index contributed by atoms with van der Waals surface area (Å²) in [5.74, 6) is 8.06. The minimum absolute atomic E-state index is 0.257. The minimum Gasteiger partial charge on any atom is -0.393 e. The molecule has 0 radical (unpaired) electrons. The highest BCUT2D eigenvalue weighted by atomic mass is 16.3. The van der Waals surface area contributed by atoms with Gasteiger partial charge in [-0.25, -0.2) is 19.9 Å². The van der Waals surface area contributed by atoms with E-state index in [1.807, 2.05) is 54.6 Å². The average Bonchev–Trinajstić information content (AvgIpc) is 3.54. The number of anilines is 2. The Morgan fingerprint density at radius 1 is 0.900 bits per heavy atom. The molecule has 1 aliphatic rings. The highest BCUT2D eigenvalue weighted by Gasteiger charge is 2.17. The zero-order valence-corrected chi connectivity index (χ0v) is 21.6. The smallest absolute Gasteiger partial charge is 0.229 e. The number of pyridine rings is 2. The van der Waals surface area contributed by atoms with Crippen molar-refractivity contribution < 1.29 is 5.11 Å². The fraction of sp³-hybridized carbons (Fsp3) is 0.161. The molecule has 6 rings (SSSR count). The number of hydrogen-bond donors (Lipinski definition) is 3. The number of H-pyrrole nitrogens is 1. The van der Waals surface area contributed by atoms with Gasteiger partial charge < -0.3 is 15.4 Å². The van der Waals surface area contributed by atoms with E-state index in [9.17, 15) is 5.11 Å². The molecule has 0 unspecified atom stereocenters. The second kappa shape index (κ2) is 11.7. The number of nitrogens with one attached hydrogen (secondary N) is 2. The lowest BCUT2D eigenvalue weighted by molar-refractivity contribution is 0.152. The fourth-order valence-electron chi connectivity index (χ4n) is 4.39. The molecule has 1 saturated carbocycles. The molecule has 0 atom stereocenters. The Labute approximate surface area is 231 Å². The first-order chi connectivity index (χ1) is 19.7. The summed E-state index contributed by atoms with van der Waals surface area (Å²) in [6.45, 7) is 0. The Morgan fingerprint density at radius 2 is 1.77 bits per heavy atom. The SMILES string of the molecule is OC1CCC(=Nc2nc(Nc3ccc(C#Cc4cc(-c5ncc[nH]5)ccn4)cc3)ncc2-c2ccccn2)CC1. The quantitative estimate of drug-likeness (QED) is 0.259. The predicted octanol–water partition coefficient (Wildman–Crippen LogP) is 5.47. The molecule has 1 fully saturated rings. The monoisotopic (exact) mass is 526 g/mol. The zero-order valence-electron chi connectivity index (χ0n) is 21.6. The third-order valence-corrected chi connectivity index (χ3v) is 6.51. The van der Waals surface area contributed by atoms with E-state index in [0.29, 0.717) is 30.3 Å². The van der Waals surface area contributed by atoms with Crippen molar-refractivity contribution in [3.05, 3.63) is 96.8 Å². The second-order valence-electron chi connectivity index (χ2n) is 9.37. The summed E-state index contributed by atoms with van der Waals surface area (Å²) in [5.41, 5.74) is 5.83. The van der Waals surface area contributed by atoms with Crippen molar-refractivity contribution in [2.24, 2.45) is 4.99 Å². The van der Waals surface area contributed by atoms with E-state index in [1.54, 1.807) is 31.0 Å². The van der Waals surface area contributed by atoms with Crippen molar-refractivity contribution in [3.8, 4) is 34.5 Å². The van der Waals surface area contributed by atoms with Crippen LogP contribution in [0, 0.1) is 11.8 Å². The van der Waals surface area contributed by atoms with Gasteiger partial charge in [0.05, 0.1) is 17.4 Å². The Bertz CT molecular complexity index is 1680. The molecular formula is C31H26N8O.